The molecule has 0 fully saturated rings. The summed E-state index contributed by atoms with van der Waals surface area (Å²) in [5.41, 5.74) is 1.54. The molecule has 9 heteroatoms. The summed E-state index contributed by atoms with van der Waals surface area (Å²) in [5, 5.41) is 2.62. The van der Waals surface area contributed by atoms with Crippen LogP contribution in [0.3, 0.4) is 0 Å². The molecular weight excluding hydrogens is 420 g/mol. The molecule has 1 amide bonds. The average Bonchev–Trinajstić information content (AvgIpc) is 2.74. The van der Waals surface area contributed by atoms with Gasteiger partial charge in [0, 0.05) is 5.69 Å². The lowest BCUT2D eigenvalue weighted by molar-refractivity contribution is -0.117. The number of nitrogens with one attached hydrogen (secondary N) is 2. The van der Waals surface area contributed by atoms with Gasteiger partial charge in [-0.05, 0) is 62.2 Å². The molecule has 31 heavy (non-hydrogen) atoms. The molecule has 0 aromatic heterocycles. The molecule has 0 aliphatic carbocycles. The monoisotopic (exact) mass is 448 g/mol. The fraction of sp³-hybridized carbons (Fsp3) is 0.364. The lowest BCUT2D eigenvalue weighted by Crippen LogP contribution is -2.41. The normalized spacial score (nSPS) is 12.1. The maximum atomic E-state index is 12.7. The van der Waals surface area contributed by atoms with Crippen LogP contribution in [0, 0.1) is 6.92 Å². The molecule has 2 aromatic rings. The lowest BCUT2D eigenvalue weighted by Gasteiger charge is -2.16. The number of ether oxygens (including phenoxy) is 2. The predicted octanol–water partition coefficient (Wildman–Crippen LogP) is 3.27. The van der Waals surface area contributed by atoms with Crippen molar-refractivity contribution in [3.63, 3.8) is 0 Å². The highest BCUT2D eigenvalue weighted by Crippen LogP contribution is 2.24. The van der Waals surface area contributed by atoms with Crippen molar-refractivity contribution in [2.45, 2.75) is 44.6 Å². The predicted molar refractivity (Wildman–Crippen MR) is 118 cm³/mol. The average molecular weight is 449 g/mol. The Morgan fingerprint density at radius 2 is 1.77 bits per heavy atom. The first-order chi connectivity index (χ1) is 14.7. The van der Waals surface area contributed by atoms with E-state index in [9.17, 15) is 18.0 Å². The third-order valence-corrected chi connectivity index (χ3v) is 6.01. The topological polar surface area (TPSA) is 111 Å². The van der Waals surface area contributed by atoms with E-state index in [1.165, 1.54) is 32.2 Å². The van der Waals surface area contributed by atoms with Crippen molar-refractivity contribution in [2.24, 2.45) is 0 Å². The molecule has 0 bridgehead atoms. The third-order valence-electron chi connectivity index (χ3n) is 4.45. The summed E-state index contributed by atoms with van der Waals surface area (Å²) in [6.07, 6.45) is 1.72. The number of esters is 1. The van der Waals surface area contributed by atoms with E-state index < -0.39 is 27.9 Å². The van der Waals surface area contributed by atoms with Crippen molar-refractivity contribution in [3.8, 4) is 5.75 Å². The minimum Gasteiger partial charge on any atom is -0.495 e. The minimum absolute atomic E-state index is 0.0411. The molecule has 0 unspecified atom stereocenters. The van der Waals surface area contributed by atoms with Gasteiger partial charge in [-0.2, -0.15) is 4.72 Å². The van der Waals surface area contributed by atoms with E-state index in [0.717, 1.165) is 18.4 Å². The number of methoxy groups -OCH3 is 1. The second kappa shape index (κ2) is 10.9. The van der Waals surface area contributed by atoms with E-state index >= 15 is 0 Å². The Hall–Kier alpha value is -2.91. The zero-order valence-corrected chi connectivity index (χ0v) is 18.9. The first-order valence-corrected chi connectivity index (χ1v) is 11.4. The van der Waals surface area contributed by atoms with Crippen molar-refractivity contribution in [1.82, 2.24) is 4.72 Å². The van der Waals surface area contributed by atoms with Gasteiger partial charge in [0.1, 0.15) is 10.6 Å². The number of hydrogen-bond acceptors (Lipinski definition) is 6. The van der Waals surface area contributed by atoms with Gasteiger partial charge < -0.3 is 14.8 Å². The fourth-order valence-corrected chi connectivity index (χ4v) is 4.13. The van der Waals surface area contributed by atoms with E-state index in [0.29, 0.717) is 17.9 Å². The summed E-state index contributed by atoms with van der Waals surface area (Å²) in [6.45, 7) is 5.56. The number of unbranched alkanes of at least 4 members (excludes halogenated alkanes) is 1. The zero-order chi connectivity index (χ0) is 23.0. The second-order valence-corrected chi connectivity index (χ2v) is 8.74. The van der Waals surface area contributed by atoms with Crippen molar-refractivity contribution < 1.29 is 27.5 Å². The Balaban J connectivity index is 2.02. The molecule has 0 saturated heterocycles. The number of hydrogen-bond donors (Lipinski definition) is 2. The van der Waals surface area contributed by atoms with Crippen molar-refractivity contribution in [2.75, 3.05) is 19.0 Å². The molecule has 0 saturated carbocycles. The van der Waals surface area contributed by atoms with E-state index in [4.69, 9.17) is 9.47 Å². The van der Waals surface area contributed by atoms with Gasteiger partial charge in [-0.25, -0.2) is 13.2 Å². The molecule has 0 aliphatic rings. The summed E-state index contributed by atoms with van der Waals surface area (Å²) in [4.78, 5) is 24.4. The Labute approximate surface area is 183 Å². The van der Waals surface area contributed by atoms with Crippen LogP contribution >= 0.6 is 0 Å². The standard InChI is InChI=1S/C22H28N2O6S/c1-5-6-13-30-22(26)17-8-10-18(11-9-17)23-21(25)16(3)24-31(27,28)20-14-15(2)7-12-19(20)29-4/h7-12,14,16,24H,5-6,13H2,1-4H3,(H,23,25)/t16-/m0/s1. The molecule has 2 rings (SSSR count). The summed E-state index contributed by atoms with van der Waals surface area (Å²) in [7, 11) is -2.61. The van der Waals surface area contributed by atoms with Gasteiger partial charge in [-0.3, -0.25) is 4.79 Å². The maximum Gasteiger partial charge on any atom is 0.338 e. The number of amides is 1. The van der Waals surface area contributed by atoms with Crippen molar-refractivity contribution in [3.05, 3.63) is 53.6 Å². The van der Waals surface area contributed by atoms with Gasteiger partial charge in [-0.1, -0.05) is 19.4 Å². The van der Waals surface area contributed by atoms with Crippen LogP contribution in [0.25, 0.3) is 0 Å². The van der Waals surface area contributed by atoms with Gasteiger partial charge >= 0.3 is 5.97 Å². The van der Waals surface area contributed by atoms with Gasteiger partial charge in [0.05, 0.1) is 25.3 Å². The van der Waals surface area contributed by atoms with Gasteiger partial charge in [0.2, 0.25) is 15.9 Å². The summed E-state index contributed by atoms with van der Waals surface area (Å²) >= 11 is 0. The number of anilines is 1. The smallest absolute Gasteiger partial charge is 0.338 e. The zero-order valence-electron chi connectivity index (χ0n) is 18.1. The Morgan fingerprint density at radius 1 is 1.10 bits per heavy atom. The molecule has 0 aliphatic heterocycles. The van der Waals surface area contributed by atoms with Crippen LogP contribution in [0.4, 0.5) is 5.69 Å². The molecule has 0 spiro atoms. The molecule has 2 N–H and O–H groups in total. The number of rotatable bonds is 10. The first kappa shape index (κ1) is 24.4. The quantitative estimate of drug-likeness (QED) is 0.426. The summed E-state index contributed by atoms with van der Waals surface area (Å²) in [5.74, 6) is -0.792. The van der Waals surface area contributed by atoms with Gasteiger partial charge in [-0.15, -0.1) is 0 Å². The molecule has 8 nitrogen and oxygen atoms in total. The van der Waals surface area contributed by atoms with E-state index in [1.54, 1.807) is 31.2 Å². The van der Waals surface area contributed by atoms with Crippen LogP contribution in [0.1, 0.15) is 42.6 Å². The largest absolute Gasteiger partial charge is 0.495 e. The van der Waals surface area contributed by atoms with Crippen molar-refractivity contribution >= 4 is 27.6 Å². The van der Waals surface area contributed by atoms with E-state index in [1.807, 2.05) is 6.92 Å². The van der Waals surface area contributed by atoms with Gasteiger partial charge in [0.15, 0.2) is 0 Å². The Kier molecular flexibility index (Phi) is 8.58. The third kappa shape index (κ3) is 6.80. The SMILES string of the molecule is CCCCOC(=O)c1ccc(NC(=O)[C@H](C)NS(=O)(=O)c2cc(C)ccc2OC)cc1. The number of carbonyl (C=O) groups excluding carboxylic acids is 2. The molecule has 168 valence electrons. The summed E-state index contributed by atoms with van der Waals surface area (Å²) < 4.78 is 38.1. The van der Waals surface area contributed by atoms with Crippen LogP contribution in [-0.2, 0) is 19.6 Å². The lowest BCUT2D eigenvalue weighted by atomic mass is 10.2. The molecular formula is C22H28N2O6S. The molecule has 1 atom stereocenters. The number of carbonyl (C=O) groups is 2. The Morgan fingerprint density at radius 3 is 2.39 bits per heavy atom. The van der Waals surface area contributed by atoms with Crippen LogP contribution in [-0.4, -0.2) is 40.1 Å². The van der Waals surface area contributed by atoms with Gasteiger partial charge in [0.25, 0.3) is 0 Å². The highest BCUT2D eigenvalue weighted by molar-refractivity contribution is 7.89. The van der Waals surface area contributed by atoms with E-state index in [2.05, 4.69) is 10.0 Å². The second-order valence-electron chi connectivity index (χ2n) is 7.05. The van der Waals surface area contributed by atoms with Crippen LogP contribution in [0.15, 0.2) is 47.4 Å². The molecule has 0 radical (unpaired) electrons. The fourth-order valence-electron chi connectivity index (χ4n) is 2.68. The number of sulfonamides is 1. The minimum atomic E-state index is -3.99. The van der Waals surface area contributed by atoms with Crippen molar-refractivity contribution in [1.29, 1.82) is 0 Å². The molecule has 2 aromatic carbocycles. The van der Waals surface area contributed by atoms with Crippen LogP contribution < -0.4 is 14.8 Å². The number of benzene rings is 2. The Bertz CT molecular complexity index is 1020. The van der Waals surface area contributed by atoms with Crippen LogP contribution in [0.2, 0.25) is 0 Å². The number of aryl methyl sites for hydroxylation is 1. The maximum absolute atomic E-state index is 12.7. The molecule has 0 heterocycles. The van der Waals surface area contributed by atoms with E-state index in [-0.39, 0.29) is 10.6 Å². The highest BCUT2D eigenvalue weighted by atomic mass is 32.2. The first-order valence-electron chi connectivity index (χ1n) is 9.93. The highest BCUT2D eigenvalue weighted by Gasteiger charge is 2.25. The van der Waals surface area contributed by atoms with Crippen LogP contribution in [0.5, 0.6) is 5.75 Å². The summed E-state index contributed by atoms with van der Waals surface area (Å²) in [6, 6.07) is 9.91.